The third-order valence-electron chi connectivity index (χ3n) is 3.52. The molecule has 1 aromatic carbocycles. The van der Waals surface area contributed by atoms with Gasteiger partial charge in [-0.05, 0) is 43.9 Å². The first-order chi connectivity index (χ1) is 8.33. The van der Waals surface area contributed by atoms with Gasteiger partial charge in [-0.1, -0.05) is 6.07 Å². The monoisotopic (exact) mass is 234 g/mol. The number of ether oxygens (including phenoxy) is 1. The summed E-state index contributed by atoms with van der Waals surface area (Å²) in [6.45, 7) is 3.13. The summed E-state index contributed by atoms with van der Waals surface area (Å²) in [5, 5.41) is 0. The summed E-state index contributed by atoms with van der Waals surface area (Å²) < 4.78 is 5.26. The Morgan fingerprint density at radius 2 is 2.35 bits per heavy atom. The van der Waals surface area contributed by atoms with E-state index in [0.29, 0.717) is 0 Å². The lowest BCUT2D eigenvalue weighted by Gasteiger charge is -2.19. The molecule has 0 bridgehead atoms. The van der Waals surface area contributed by atoms with Gasteiger partial charge in [-0.3, -0.25) is 0 Å². The second kappa shape index (κ2) is 5.92. The summed E-state index contributed by atoms with van der Waals surface area (Å²) in [4.78, 5) is 2.45. The minimum absolute atomic E-state index is 0.810. The highest BCUT2D eigenvalue weighted by Gasteiger charge is 2.22. The summed E-state index contributed by atoms with van der Waals surface area (Å²) in [5.74, 6) is 1.75. The zero-order valence-corrected chi connectivity index (χ0v) is 10.6. The van der Waals surface area contributed by atoms with Crippen molar-refractivity contribution in [3.63, 3.8) is 0 Å². The molecule has 1 heterocycles. The number of rotatable bonds is 5. The third-order valence-corrected chi connectivity index (χ3v) is 3.52. The molecule has 0 saturated carbocycles. The third kappa shape index (κ3) is 3.13. The quantitative estimate of drug-likeness (QED) is 0.849. The maximum Gasteiger partial charge on any atom is 0.120 e. The van der Waals surface area contributed by atoms with Crippen LogP contribution in [0.1, 0.15) is 19.3 Å². The molecule has 2 rings (SSSR count). The molecule has 1 saturated heterocycles. The van der Waals surface area contributed by atoms with Crippen LogP contribution in [0.4, 0.5) is 5.69 Å². The van der Waals surface area contributed by atoms with Crippen molar-refractivity contribution in [2.75, 3.05) is 31.6 Å². The summed E-state index contributed by atoms with van der Waals surface area (Å²) >= 11 is 0. The molecular formula is C14H22N2O. The van der Waals surface area contributed by atoms with Crippen molar-refractivity contribution >= 4 is 5.69 Å². The van der Waals surface area contributed by atoms with E-state index >= 15 is 0 Å². The van der Waals surface area contributed by atoms with E-state index in [-0.39, 0.29) is 0 Å². The molecule has 1 atom stereocenters. The molecule has 1 unspecified atom stereocenters. The van der Waals surface area contributed by atoms with Crippen molar-refractivity contribution in [2.24, 2.45) is 11.7 Å². The normalized spacial score (nSPS) is 19.6. The Morgan fingerprint density at radius 1 is 1.47 bits per heavy atom. The highest BCUT2D eigenvalue weighted by molar-refractivity contribution is 5.51. The fourth-order valence-electron chi connectivity index (χ4n) is 2.52. The molecule has 0 spiro atoms. The molecule has 17 heavy (non-hydrogen) atoms. The molecule has 94 valence electrons. The van der Waals surface area contributed by atoms with Crippen LogP contribution in [0.5, 0.6) is 5.75 Å². The second-order valence-electron chi connectivity index (χ2n) is 4.73. The molecule has 0 aliphatic carbocycles. The van der Waals surface area contributed by atoms with E-state index in [0.717, 1.165) is 37.7 Å². The first-order valence-electron chi connectivity index (χ1n) is 6.42. The van der Waals surface area contributed by atoms with E-state index < -0.39 is 0 Å². The Bertz CT molecular complexity index is 354. The van der Waals surface area contributed by atoms with Crippen molar-refractivity contribution in [1.29, 1.82) is 0 Å². The Morgan fingerprint density at radius 3 is 3.12 bits per heavy atom. The van der Waals surface area contributed by atoms with Crippen molar-refractivity contribution in [1.82, 2.24) is 0 Å². The van der Waals surface area contributed by atoms with Gasteiger partial charge in [0.1, 0.15) is 5.75 Å². The van der Waals surface area contributed by atoms with Crippen LogP contribution in [0, 0.1) is 5.92 Å². The smallest absolute Gasteiger partial charge is 0.120 e. The Hall–Kier alpha value is -1.22. The van der Waals surface area contributed by atoms with E-state index in [9.17, 15) is 0 Å². The van der Waals surface area contributed by atoms with Gasteiger partial charge >= 0.3 is 0 Å². The molecule has 0 amide bonds. The molecule has 3 heteroatoms. The maximum absolute atomic E-state index is 5.56. The van der Waals surface area contributed by atoms with E-state index in [1.807, 2.05) is 6.07 Å². The predicted octanol–water partition coefficient (Wildman–Crippen LogP) is 2.26. The van der Waals surface area contributed by atoms with Crippen LogP contribution in [-0.2, 0) is 0 Å². The Balaban J connectivity index is 1.94. The van der Waals surface area contributed by atoms with Crippen LogP contribution < -0.4 is 15.4 Å². The van der Waals surface area contributed by atoms with E-state index in [1.54, 1.807) is 7.11 Å². The summed E-state index contributed by atoms with van der Waals surface area (Å²) in [6.07, 6.45) is 3.70. The van der Waals surface area contributed by atoms with Crippen molar-refractivity contribution in [3.05, 3.63) is 24.3 Å². The molecule has 1 aliphatic rings. The molecule has 0 radical (unpaired) electrons. The molecule has 1 aromatic rings. The minimum Gasteiger partial charge on any atom is -0.497 e. The van der Waals surface area contributed by atoms with Crippen LogP contribution in [0.25, 0.3) is 0 Å². The number of nitrogens with two attached hydrogens (primary N) is 1. The van der Waals surface area contributed by atoms with Crippen LogP contribution in [0.2, 0.25) is 0 Å². The first-order valence-corrected chi connectivity index (χ1v) is 6.42. The van der Waals surface area contributed by atoms with Crippen molar-refractivity contribution in [2.45, 2.75) is 19.3 Å². The van der Waals surface area contributed by atoms with Gasteiger partial charge in [-0.2, -0.15) is 0 Å². The number of benzene rings is 1. The number of nitrogens with zero attached hydrogens (tertiary/aromatic N) is 1. The summed E-state index contributed by atoms with van der Waals surface area (Å²) in [7, 11) is 1.72. The fraction of sp³-hybridized carbons (Fsp3) is 0.571. The minimum atomic E-state index is 0.810. The van der Waals surface area contributed by atoms with Gasteiger partial charge in [0.15, 0.2) is 0 Å². The van der Waals surface area contributed by atoms with E-state index in [1.165, 1.54) is 18.5 Å². The Labute approximate surface area is 104 Å². The SMILES string of the molecule is COc1cccc(N2CCC(CCCN)C2)c1. The van der Waals surface area contributed by atoms with E-state index in [4.69, 9.17) is 10.5 Å². The summed E-state index contributed by atoms with van der Waals surface area (Å²) in [5.41, 5.74) is 6.84. The molecule has 0 aromatic heterocycles. The van der Waals surface area contributed by atoms with Gasteiger partial charge in [-0.15, -0.1) is 0 Å². The molecular weight excluding hydrogens is 212 g/mol. The van der Waals surface area contributed by atoms with Crippen LogP contribution in [0.15, 0.2) is 24.3 Å². The topological polar surface area (TPSA) is 38.5 Å². The van der Waals surface area contributed by atoms with Crippen LogP contribution >= 0.6 is 0 Å². The predicted molar refractivity (Wildman–Crippen MR) is 71.6 cm³/mol. The standard InChI is InChI=1S/C14H22N2O/c1-17-14-6-2-5-13(10-14)16-9-7-12(11-16)4-3-8-15/h2,5-6,10,12H,3-4,7-9,11,15H2,1H3. The summed E-state index contributed by atoms with van der Waals surface area (Å²) in [6, 6.07) is 8.33. The van der Waals surface area contributed by atoms with Crippen LogP contribution in [0.3, 0.4) is 0 Å². The molecule has 2 N–H and O–H groups in total. The van der Waals surface area contributed by atoms with Gasteiger partial charge in [-0.25, -0.2) is 0 Å². The van der Waals surface area contributed by atoms with Gasteiger partial charge in [0.05, 0.1) is 7.11 Å². The van der Waals surface area contributed by atoms with Crippen molar-refractivity contribution in [3.8, 4) is 5.75 Å². The van der Waals surface area contributed by atoms with Crippen molar-refractivity contribution < 1.29 is 4.74 Å². The highest BCUT2D eigenvalue weighted by Crippen LogP contribution is 2.28. The average Bonchev–Trinajstić information content (AvgIpc) is 2.85. The number of methoxy groups -OCH3 is 1. The lowest BCUT2D eigenvalue weighted by atomic mass is 10.0. The van der Waals surface area contributed by atoms with E-state index in [2.05, 4.69) is 23.1 Å². The maximum atomic E-state index is 5.56. The second-order valence-corrected chi connectivity index (χ2v) is 4.73. The van der Waals surface area contributed by atoms with Gasteiger partial charge in [0.25, 0.3) is 0 Å². The first kappa shape index (κ1) is 12.2. The zero-order chi connectivity index (χ0) is 12.1. The lowest BCUT2D eigenvalue weighted by molar-refractivity contribution is 0.415. The number of hydrogen-bond acceptors (Lipinski definition) is 3. The Kier molecular flexibility index (Phi) is 4.26. The zero-order valence-electron chi connectivity index (χ0n) is 10.6. The largest absolute Gasteiger partial charge is 0.497 e. The molecule has 3 nitrogen and oxygen atoms in total. The lowest BCUT2D eigenvalue weighted by Crippen LogP contribution is -2.19. The van der Waals surface area contributed by atoms with Gasteiger partial charge in [0, 0.05) is 24.8 Å². The van der Waals surface area contributed by atoms with Gasteiger partial charge in [0.2, 0.25) is 0 Å². The fourth-order valence-corrected chi connectivity index (χ4v) is 2.52. The average molecular weight is 234 g/mol. The number of anilines is 1. The molecule has 1 aliphatic heterocycles. The van der Waals surface area contributed by atoms with Crippen LogP contribution in [-0.4, -0.2) is 26.7 Å². The molecule has 1 fully saturated rings. The van der Waals surface area contributed by atoms with Gasteiger partial charge < -0.3 is 15.4 Å². The number of hydrogen-bond donors (Lipinski definition) is 1. The highest BCUT2D eigenvalue weighted by atomic mass is 16.5.